The SMILES string of the molecule is O=C(Nc1nccs1)c1cc([N+](=O)[O-])c(Sc2c(Cl)cncc2Cl)s1. The number of pyridine rings is 1. The number of hydrogen-bond donors (Lipinski definition) is 1. The van der Waals surface area contributed by atoms with Crippen LogP contribution in [-0.4, -0.2) is 20.8 Å². The molecule has 0 fully saturated rings. The van der Waals surface area contributed by atoms with Crippen molar-refractivity contribution >= 4 is 74.4 Å². The van der Waals surface area contributed by atoms with E-state index in [9.17, 15) is 14.9 Å². The molecule has 0 bridgehead atoms. The number of hydrogen-bond acceptors (Lipinski definition) is 8. The van der Waals surface area contributed by atoms with E-state index in [1.807, 2.05) is 0 Å². The standard InChI is InChI=1S/C13H6Cl2N4O3S3/c14-6-4-16-5-7(15)10(6)25-12-8(19(21)22)3-9(24-12)11(20)18-13-17-1-2-23-13/h1-5H,(H,17,18,20). The molecular weight excluding hydrogens is 427 g/mol. The molecule has 3 aromatic rings. The van der Waals surface area contributed by atoms with Crippen LogP contribution in [0.15, 0.2) is 39.1 Å². The molecule has 1 N–H and O–H groups in total. The second-order valence-corrected chi connectivity index (χ2v) is 8.41. The molecule has 3 aromatic heterocycles. The van der Waals surface area contributed by atoms with Crippen LogP contribution in [0, 0.1) is 10.1 Å². The largest absolute Gasteiger partial charge is 0.297 e. The van der Waals surface area contributed by atoms with Crippen molar-refractivity contribution in [2.75, 3.05) is 5.32 Å². The van der Waals surface area contributed by atoms with Gasteiger partial charge in [0.2, 0.25) is 0 Å². The first-order chi connectivity index (χ1) is 12.0. The fraction of sp³-hybridized carbons (Fsp3) is 0. The lowest BCUT2D eigenvalue weighted by atomic mass is 10.4. The molecule has 0 aliphatic rings. The first kappa shape index (κ1) is 18.1. The van der Waals surface area contributed by atoms with E-state index in [-0.39, 0.29) is 20.6 Å². The molecule has 1 amide bonds. The van der Waals surface area contributed by atoms with Crippen LogP contribution < -0.4 is 5.32 Å². The van der Waals surface area contributed by atoms with Crippen LogP contribution in [0.1, 0.15) is 9.67 Å². The van der Waals surface area contributed by atoms with Gasteiger partial charge in [-0.2, -0.15) is 0 Å². The van der Waals surface area contributed by atoms with Crippen LogP contribution in [0.5, 0.6) is 0 Å². The van der Waals surface area contributed by atoms with Gasteiger partial charge < -0.3 is 0 Å². The lowest BCUT2D eigenvalue weighted by molar-refractivity contribution is -0.387. The lowest BCUT2D eigenvalue weighted by Crippen LogP contribution is -2.09. The monoisotopic (exact) mass is 432 g/mol. The normalized spacial score (nSPS) is 10.6. The van der Waals surface area contributed by atoms with Crippen molar-refractivity contribution in [1.29, 1.82) is 0 Å². The van der Waals surface area contributed by atoms with Gasteiger partial charge in [0.25, 0.3) is 11.6 Å². The Bertz CT molecular complexity index is 926. The van der Waals surface area contributed by atoms with Crippen LogP contribution in [-0.2, 0) is 0 Å². The van der Waals surface area contributed by atoms with Gasteiger partial charge in [0, 0.05) is 30.0 Å². The fourth-order valence-corrected chi connectivity index (χ4v) is 4.99. The molecule has 0 atom stereocenters. The molecule has 0 aliphatic carbocycles. The minimum absolute atomic E-state index is 0.186. The highest BCUT2D eigenvalue weighted by atomic mass is 35.5. The summed E-state index contributed by atoms with van der Waals surface area (Å²) >= 11 is 15.4. The van der Waals surface area contributed by atoms with Crippen LogP contribution in [0.4, 0.5) is 10.8 Å². The molecule has 0 radical (unpaired) electrons. The molecule has 0 aliphatic heterocycles. The van der Waals surface area contributed by atoms with Gasteiger partial charge in [-0.1, -0.05) is 35.0 Å². The number of nitrogens with one attached hydrogen (secondary N) is 1. The highest BCUT2D eigenvalue weighted by Gasteiger charge is 2.25. The van der Waals surface area contributed by atoms with E-state index in [1.54, 1.807) is 11.6 Å². The van der Waals surface area contributed by atoms with E-state index < -0.39 is 10.8 Å². The maximum absolute atomic E-state index is 12.3. The predicted octanol–water partition coefficient (Wildman–Crippen LogP) is 5.22. The highest BCUT2D eigenvalue weighted by molar-refractivity contribution is 8.01. The topological polar surface area (TPSA) is 98.0 Å². The number of thiazole rings is 1. The molecule has 0 spiro atoms. The van der Waals surface area contributed by atoms with Gasteiger partial charge in [0.15, 0.2) is 5.13 Å². The minimum atomic E-state index is -0.554. The second-order valence-electron chi connectivity index (χ2n) is 4.37. The van der Waals surface area contributed by atoms with Crippen LogP contribution in [0.2, 0.25) is 10.0 Å². The molecule has 25 heavy (non-hydrogen) atoms. The molecule has 0 unspecified atom stereocenters. The third kappa shape index (κ3) is 4.10. The zero-order valence-corrected chi connectivity index (χ0v) is 15.9. The highest BCUT2D eigenvalue weighted by Crippen LogP contribution is 2.45. The molecule has 0 saturated heterocycles. The first-order valence-electron chi connectivity index (χ1n) is 6.41. The van der Waals surface area contributed by atoms with E-state index in [1.165, 1.54) is 29.8 Å². The van der Waals surface area contributed by atoms with Crippen molar-refractivity contribution < 1.29 is 9.72 Å². The number of carbonyl (C=O) groups is 1. The predicted molar refractivity (Wildman–Crippen MR) is 99.4 cm³/mol. The van der Waals surface area contributed by atoms with Crippen molar-refractivity contribution in [2.24, 2.45) is 0 Å². The van der Waals surface area contributed by atoms with Gasteiger partial charge >= 0.3 is 0 Å². The Kier molecular flexibility index (Phi) is 5.54. The van der Waals surface area contributed by atoms with E-state index in [2.05, 4.69) is 15.3 Å². The number of rotatable bonds is 5. The number of carbonyl (C=O) groups excluding carboxylic acids is 1. The van der Waals surface area contributed by atoms with Gasteiger partial charge in [-0.25, -0.2) is 4.98 Å². The van der Waals surface area contributed by atoms with E-state index in [4.69, 9.17) is 23.2 Å². The van der Waals surface area contributed by atoms with Crippen molar-refractivity contribution in [3.63, 3.8) is 0 Å². The summed E-state index contributed by atoms with van der Waals surface area (Å²) in [7, 11) is 0. The number of anilines is 1. The fourth-order valence-electron chi connectivity index (χ4n) is 1.71. The average Bonchev–Trinajstić information content (AvgIpc) is 3.20. The summed E-state index contributed by atoms with van der Waals surface area (Å²) in [5.41, 5.74) is -0.191. The smallest absolute Gasteiger partial charge is 0.294 e. The Morgan fingerprint density at radius 1 is 1.32 bits per heavy atom. The summed E-state index contributed by atoms with van der Waals surface area (Å²) in [6, 6.07) is 1.22. The molecule has 0 saturated carbocycles. The third-order valence-electron chi connectivity index (χ3n) is 2.76. The number of halogens is 2. The minimum Gasteiger partial charge on any atom is -0.297 e. The van der Waals surface area contributed by atoms with Crippen molar-refractivity contribution in [3.8, 4) is 0 Å². The lowest BCUT2D eigenvalue weighted by Gasteiger charge is -2.03. The molecule has 128 valence electrons. The Morgan fingerprint density at radius 2 is 2.04 bits per heavy atom. The van der Waals surface area contributed by atoms with Gasteiger partial charge in [-0.15, -0.1) is 22.7 Å². The van der Waals surface area contributed by atoms with Gasteiger partial charge in [0.05, 0.1) is 19.9 Å². The van der Waals surface area contributed by atoms with Crippen molar-refractivity contribution in [1.82, 2.24) is 9.97 Å². The Hall–Kier alpha value is -1.72. The van der Waals surface area contributed by atoms with E-state index >= 15 is 0 Å². The summed E-state index contributed by atoms with van der Waals surface area (Å²) in [5.74, 6) is -0.471. The van der Waals surface area contributed by atoms with Gasteiger partial charge in [-0.3, -0.25) is 25.2 Å². The van der Waals surface area contributed by atoms with Crippen LogP contribution >= 0.6 is 57.6 Å². The Morgan fingerprint density at radius 3 is 2.64 bits per heavy atom. The van der Waals surface area contributed by atoms with E-state index in [0.29, 0.717) is 14.2 Å². The Labute approximate surface area is 163 Å². The summed E-state index contributed by atoms with van der Waals surface area (Å²) in [6.45, 7) is 0. The number of aromatic nitrogens is 2. The maximum atomic E-state index is 12.3. The quantitative estimate of drug-likeness (QED) is 0.438. The summed E-state index contributed by atoms with van der Waals surface area (Å²) in [6.07, 6.45) is 4.34. The summed E-state index contributed by atoms with van der Waals surface area (Å²) in [5, 5.41) is 16.6. The summed E-state index contributed by atoms with van der Waals surface area (Å²) in [4.78, 5) is 31.4. The average molecular weight is 433 g/mol. The molecular formula is C13H6Cl2N4O3S3. The molecule has 0 aromatic carbocycles. The number of nitro groups is 1. The van der Waals surface area contributed by atoms with Gasteiger partial charge in [0.1, 0.15) is 9.09 Å². The first-order valence-corrected chi connectivity index (χ1v) is 9.68. The zero-order chi connectivity index (χ0) is 18.0. The zero-order valence-electron chi connectivity index (χ0n) is 11.9. The number of nitrogens with zero attached hydrogens (tertiary/aromatic N) is 3. The number of amides is 1. The van der Waals surface area contributed by atoms with E-state index in [0.717, 1.165) is 23.1 Å². The van der Waals surface area contributed by atoms with Crippen LogP contribution in [0.25, 0.3) is 0 Å². The van der Waals surface area contributed by atoms with Crippen LogP contribution in [0.3, 0.4) is 0 Å². The molecule has 12 heteroatoms. The van der Waals surface area contributed by atoms with Crippen molar-refractivity contribution in [3.05, 3.63) is 55.1 Å². The maximum Gasteiger partial charge on any atom is 0.294 e. The molecule has 7 nitrogen and oxygen atoms in total. The summed E-state index contributed by atoms with van der Waals surface area (Å²) < 4.78 is 0.296. The molecule has 3 rings (SSSR count). The van der Waals surface area contributed by atoms with Gasteiger partial charge in [-0.05, 0) is 0 Å². The molecule has 3 heterocycles. The third-order valence-corrected chi connectivity index (χ3v) is 6.70. The Balaban J connectivity index is 1.92. The van der Waals surface area contributed by atoms with Crippen molar-refractivity contribution in [2.45, 2.75) is 9.10 Å². The number of thiophene rings is 1. The second kappa shape index (κ2) is 7.67.